The van der Waals surface area contributed by atoms with Crippen molar-refractivity contribution in [1.29, 1.82) is 0 Å². The number of benzene rings is 1. The fourth-order valence-electron chi connectivity index (χ4n) is 1.49. The summed E-state index contributed by atoms with van der Waals surface area (Å²) in [6, 6.07) is 8.61. The van der Waals surface area contributed by atoms with Gasteiger partial charge in [-0.25, -0.2) is 0 Å². The van der Waals surface area contributed by atoms with Gasteiger partial charge in [0.2, 0.25) is 5.89 Å². The molecule has 90 valence electrons. The molecule has 0 spiro atoms. The number of aryl methyl sites for hydroxylation is 2. The van der Waals surface area contributed by atoms with Gasteiger partial charge in [0.15, 0.2) is 0 Å². The van der Waals surface area contributed by atoms with Crippen molar-refractivity contribution in [3.8, 4) is 0 Å². The van der Waals surface area contributed by atoms with Gasteiger partial charge in [-0.1, -0.05) is 29.4 Å². The van der Waals surface area contributed by atoms with Crippen LogP contribution in [0, 0.1) is 6.92 Å². The number of anilines is 1. The molecule has 0 saturated heterocycles. The summed E-state index contributed by atoms with van der Waals surface area (Å²) in [7, 11) is 0. The third-order valence-electron chi connectivity index (χ3n) is 2.47. The molecule has 4 nitrogen and oxygen atoms in total. The van der Waals surface area contributed by atoms with Crippen molar-refractivity contribution < 1.29 is 4.42 Å². The Morgan fingerprint density at radius 1 is 1.29 bits per heavy atom. The first kappa shape index (κ1) is 11.9. The van der Waals surface area contributed by atoms with Gasteiger partial charge in [-0.3, -0.25) is 0 Å². The number of halogens is 1. The lowest BCUT2D eigenvalue weighted by Gasteiger charge is -2.04. The Balaban J connectivity index is 1.95. The van der Waals surface area contributed by atoms with Crippen molar-refractivity contribution in [3.63, 3.8) is 0 Å². The number of rotatable bonds is 5. The molecule has 5 heteroatoms. The Kier molecular flexibility index (Phi) is 3.98. The predicted molar refractivity (Wildman–Crippen MR) is 67.2 cm³/mol. The highest BCUT2D eigenvalue weighted by molar-refractivity contribution is 6.17. The average molecular weight is 252 g/mol. The molecule has 0 bridgehead atoms. The first-order valence-electron chi connectivity index (χ1n) is 5.46. The number of nitrogens with one attached hydrogen (secondary N) is 1. The standard InChI is InChI=1S/C12H14ClN3O/c1-9-4-2-3-5-10(9)8-14-12-16-15-11(17-12)6-7-13/h2-5H,6-8H2,1H3,(H,14,16). The van der Waals surface area contributed by atoms with Gasteiger partial charge in [-0.2, -0.15) is 0 Å². The van der Waals surface area contributed by atoms with Crippen LogP contribution in [0.3, 0.4) is 0 Å². The van der Waals surface area contributed by atoms with Crippen LogP contribution in [-0.2, 0) is 13.0 Å². The summed E-state index contributed by atoms with van der Waals surface area (Å²) in [5.74, 6) is 1.05. The van der Waals surface area contributed by atoms with Crippen molar-refractivity contribution in [2.45, 2.75) is 19.9 Å². The van der Waals surface area contributed by atoms with Crippen LogP contribution in [0.15, 0.2) is 28.7 Å². The Labute approximate surface area is 105 Å². The van der Waals surface area contributed by atoms with E-state index >= 15 is 0 Å². The van der Waals surface area contributed by atoms with Crippen LogP contribution in [0.4, 0.5) is 6.01 Å². The van der Waals surface area contributed by atoms with E-state index in [-0.39, 0.29) is 0 Å². The van der Waals surface area contributed by atoms with Crippen molar-refractivity contribution in [3.05, 3.63) is 41.3 Å². The molecule has 0 saturated carbocycles. The molecule has 2 rings (SSSR count). The van der Waals surface area contributed by atoms with Gasteiger partial charge >= 0.3 is 6.01 Å². The highest BCUT2D eigenvalue weighted by Gasteiger charge is 2.05. The van der Waals surface area contributed by atoms with Crippen LogP contribution in [0.2, 0.25) is 0 Å². The van der Waals surface area contributed by atoms with Crippen LogP contribution in [0.25, 0.3) is 0 Å². The van der Waals surface area contributed by atoms with E-state index in [4.69, 9.17) is 16.0 Å². The minimum Gasteiger partial charge on any atom is -0.408 e. The molecule has 0 amide bonds. The second-order valence-corrected chi connectivity index (χ2v) is 4.10. The topological polar surface area (TPSA) is 51.0 Å². The fourth-order valence-corrected chi connectivity index (χ4v) is 1.65. The summed E-state index contributed by atoms with van der Waals surface area (Å²) < 4.78 is 5.37. The third-order valence-corrected chi connectivity index (χ3v) is 2.66. The van der Waals surface area contributed by atoms with Crippen LogP contribution in [-0.4, -0.2) is 16.1 Å². The van der Waals surface area contributed by atoms with E-state index < -0.39 is 0 Å². The summed E-state index contributed by atoms with van der Waals surface area (Å²) in [5.41, 5.74) is 2.45. The lowest BCUT2D eigenvalue weighted by molar-refractivity contribution is 0.512. The molecule has 1 aromatic carbocycles. The Hall–Kier alpha value is -1.55. The summed E-state index contributed by atoms with van der Waals surface area (Å²) in [4.78, 5) is 0. The summed E-state index contributed by atoms with van der Waals surface area (Å²) in [5, 5.41) is 10.9. The highest BCUT2D eigenvalue weighted by atomic mass is 35.5. The maximum atomic E-state index is 5.59. The van der Waals surface area contributed by atoms with Gasteiger partial charge in [0.1, 0.15) is 0 Å². The Morgan fingerprint density at radius 2 is 2.12 bits per heavy atom. The van der Waals surface area contributed by atoms with Crippen molar-refractivity contribution in [2.75, 3.05) is 11.2 Å². The van der Waals surface area contributed by atoms with Crippen LogP contribution < -0.4 is 5.32 Å². The zero-order valence-electron chi connectivity index (χ0n) is 9.61. The largest absolute Gasteiger partial charge is 0.408 e. The second kappa shape index (κ2) is 5.68. The molecule has 0 atom stereocenters. The number of alkyl halides is 1. The van der Waals surface area contributed by atoms with E-state index in [0.29, 0.717) is 30.8 Å². The third kappa shape index (κ3) is 3.20. The molecule has 2 aromatic rings. The maximum absolute atomic E-state index is 5.59. The number of hydrogen-bond donors (Lipinski definition) is 1. The van der Waals surface area contributed by atoms with Gasteiger partial charge in [0, 0.05) is 18.8 Å². The quantitative estimate of drug-likeness (QED) is 0.831. The average Bonchev–Trinajstić information content (AvgIpc) is 2.76. The minimum absolute atomic E-state index is 0.438. The monoisotopic (exact) mass is 251 g/mol. The molecule has 1 heterocycles. The zero-order chi connectivity index (χ0) is 12.1. The summed E-state index contributed by atoms with van der Waals surface area (Å²) in [6.07, 6.45) is 0.598. The van der Waals surface area contributed by atoms with Crippen molar-refractivity contribution >= 4 is 17.6 Å². The number of aromatic nitrogens is 2. The van der Waals surface area contributed by atoms with E-state index in [9.17, 15) is 0 Å². The van der Waals surface area contributed by atoms with Gasteiger partial charge in [0.25, 0.3) is 0 Å². The normalized spacial score (nSPS) is 10.5. The molecule has 0 aliphatic heterocycles. The van der Waals surface area contributed by atoms with E-state index in [1.54, 1.807) is 0 Å². The smallest absolute Gasteiger partial charge is 0.315 e. The second-order valence-electron chi connectivity index (χ2n) is 3.72. The predicted octanol–water partition coefficient (Wildman–Crippen LogP) is 2.77. The van der Waals surface area contributed by atoms with Crippen molar-refractivity contribution in [1.82, 2.24) is 10.2 Å². The van der Waals surface area contributed by atoms with Crippen LogP contribution >= 0.6 is 11.6 Å². The van der Waals surface area contributed by atoms with Crippen LogP contribution in [0.5, 0.6) is 0 Å². The Morgan fingerprint density at radius 3 is 2.88 bits per heavy atom. The molecular formula is C12H14ClN3O. The number of nitrogens with zero attached hydrogens (tertiary/aromatic N) is 2. The highest BCUT2D eigenvalue weighted by Crippen LogP contribution is 2.11. The molecular weight excluding hydrogens is 238 g/mol. The van der Waals surface area contributed by atoms with E-state index in [2.05, 4.69) is 34.6 Å². The maximum Gasteiger partial charge on any atom is 0.315 e. The zero-order valence-corrected chi connectivity index (χ0v) is 10.4. The SMILES string of the molecule is Cc1ccccc1CNc1nnc(CCCl)o1. The molecule has 1 N–H and O–H groups in total. The van der Waals surface area contributed by atoms with Gasteiger partial charge in [-0.15, -0.1) is 16.7 Å². The summed E-state index contributed by atoms with van der Waals surface area (Å²) >= 11 is 5.59. The van der Waals surface area contributed by atoms with Gasteiger partial charge in [-0.05, 0) is 18.1 Å². The van der Waals surface area contributed by atoms with E-state index in [0.717, 1.165) is 0 Å². The lowest BCUT2D eigenvalue weighted by atomic mass is 10.1. The summed E-state index contributed by atoms with van der Waals surface area (Å²) in [6.45, 7) is 2.75. The first-order valence-corrected chi connectivity index (χ1v) is 6.00. The molecule has 0 aliphatic carbocycles. The van der Waals surface area contributed by atoms with Crippen LogP contribution in [0.1, 0.15) is 17.0 Å². The fraction of sp³-hybridized carbons (Fsp3) is 0.333. The number of hydrogen-bond acceptors (Lipinski definition) is 4. The minimum atomic E-state index is 0.438. The van der Waals surface area contributed by atoms with Gasteiger partial charge < -0.3 is 9.73 Å². The molecule has 0 unspecified atom stereocenters. The molecule has 0 fully saturated rings. The van der Waals surface area contributed by atoms with Crippen molar-refractivity contribution in [2.24, 2.45) is 0 Å². The molecule has 0 aliphatic rings. The first-order chi connectivity index (χ1) is 8.29. The molecule has 1 aromatic heterocycles. The van der Waals surface area contributed by atoms with E-state index in [1.165, 1.54) is 11.1 Å². The lowest BCUT2D eigenvalue weighted by Crippen LogP contribution is -2.01. The van der Waals surface area contributed by atoms with E-state index in [1.807, 2.05) is 12.1 Å². The Bertz CT molecular complexity index is 484. The van der Waals surface area contributed by atoms with Gasteiger partial charge in [0.05, 0.1) is 0 Å². The molecule has 0 radical (unpaired) electrons. The molecule has 17 heavy (non-hydrogen) atoms.